The molecular formula is C16H16BrFN2O3S. The highest BCUT2D eigenvalue weighted by molar-refractivity contribution is 9.10. The number of anilines is 2. The second kappa shape index (κ2) is 7.31. The Morgan fingerprint density at radius 1 is 1.17 bits per heavy atom. The van der Waals surface area contributed by atoms with Gasteiger partial charge in [-0.15, -0.1) is 0 Å². The Labute approximate surface area is 148 Å². The molecule has 1 N–H and O–H groups in total. The van der Waals surface area contributed by atoms with E-state index in [1.165, 1.54) is 25.1 Å². The van der Waals surface area contributed by atoms with Gasteiger partial charge in [0.25, 0.3) is 0 Å². The van der Waals surface area contributed by atoms with Crippen LogP contribution in [0.3, 0.4) is 0 Å². The van der Waals surface area contributed by atoms with Gasteiger partial charge in [0.2, 0.25) is 15.9 Å². The van der Waals surface area contributed by atoms with Gasteiger partial charge in [0.1, 0.15) is 11.9 Å². The number of hydrogen-bond acceptors (Lipinski definition) is 3. The molecule has 0 saturated carbocycles. The predicted octanol–water partition coefficient (Wildman–Crippen LogP) is 3.38. The molecule has 24 heavy (non-hydrogen) atoms. The highest BCUT2D eigenvalue weighted by atomic mass is 79.9. The summed E-state index contributed by atoms with van der Waals surface area (Å²) < 4.78 is 39.7. The van der Waals surface area contributed by atoms with Crippen LogP contribution in [0.15, 0.2) is 53.0 Å². The predicted molar refractivity (Wildman–Crippen MR) is 96.0 cm³/mol. The Bertz CT molecular complexity index is 858. The lowest BCUT2D eigenvalue weighted by atomic mass is 10.2. The molecule has 2 aromatic rings. The van der Waals surface area contributed by atoms with Crippen molar-refractivity contribution in [3.63, 3.8) is 0 Å². The Balaban J connectivity index is 2.36. The van der Waals surface area contributed by atoms with E-state index in [9.17, 15) is 17.6 Å². The number of rotatable bonds is 5. The maximum absolute atomic E-state index is 14.0. The van der Waals surface area contributed by atoms with Gasteiger partial charge >= 0.3 is 0 Å². The van der Waals surface area contributed by atoms with Gasteiger partial charge in [-0.2, -0.15) is 0 Å². The van der Waals surface area contributed by atoms with Gasteiger partial charge in [-0.3, -0.25) is 9.10 Å². The lowest BCUT2D eigenvalue weighted by molar-refractivity contribution is -0.116. The van der Waals surface area contributed by atoms with Crippen molar-refractivity contribution in [3.05, 3.63) is 58.8 Å². The third-order valence-corrected chi connectivity index (χ3v) is 5.23. The highest BCUT2D eigenvalue weighted by Crippen LogP contribution is 2.26. The number of amides is 1. The number of nitrogens with zero attached hydrogens (tertiary/aromatic N) is 1. The van der Waals surface area contributed by atoms with Crippen molar-refractivity contribution in [1.82, 2.24) is 0 Å². The number of halogens is 2. The van der Waals surface area contributed by atoms with Crippen molar-refractivity contribution >= 4 is 43.2 Å². The fourth-order valence-electron chi connectivity index (χ4n) is 2.21. The van der Waals surface area contributed by atoms with Crippen molar-refractivity contribution in [1.29, 1.82) is 0 Å². The van der Waals surface area contributed by atoms with E-state index in [0.717, 1.165) is 16.6 Å². The second-order valence-corrected chi connectivity index (χ2v) is 7.87. The van der Waals surface area contributed by atoms with E-state index < -0.39 is 27.8 Å². The zero-order valence-electron chi connectivity index (χ0n) is 13.0. The molecule has 0 unspecified atom stereocenters. The van der Waals surface area contributed by atoms with Crippen molar-refractivity contribution in [2.24, 2.45) is 0 Å². The topological polar surface area (TPSA) is 66.5 Å². The van der Waals surface area contributed by atoms with E-state index in [0.29, 0.717) is 10.2 Å². The zero-order valence-corrected chi connectivity index (χ0v) is 15.4. The summed E-state index contributed by atoms with van der Waals surface area (Å²) in [7, 11) is -3.87. The van der Waals surface area contributed by atoms with Crippen LogP contribution in [0.1, 0.15) is 6.92 Å². The molecule has 1 atom stereocenters. The number of benzene rings is 2. The SMILES string of the molecule is C[C@H](C(=O)Nc1ccccc1Br)N(c1ccccc1F)S(C)(=O)=O. The number of carbonyl (C=O) groups is 1. The van der Waals surface area contributed by atoms with Gasteiger partial charge in [-0.25, -0.2) is 12.8 Å². The standard InChI is InChI=1S/C16H16BrFN2O3S/c1-11(16(21)19-14-9-5-3-7-12(14)17)20(24(2,22)23)15-10-6-4-8-13(15)18/h3-11H,1-2H3,(H,19,21)/t11-/m1/s1. The Hall–Kier alpha value is -1.93. The average Bonchev–Trinajstić information content (AvgIpc) is 2.50. The van der Waals surface area contributed by atoms with Crippen molar-refractivity contribution in [2.75, 3.05) is 15.9 Å². The van der Waals surface area contributed by atoms with Crippen LogP contribution in [-0.4, -0.2) is 26.6 Å². The van der Waals surface area contributed by atoms with E-state index in [2.05, 4.69) is 21.2 Å². The van der Waals surface area contributed by atoms with E-state index >= 15 is 0 Å². The quantitative estimate of drug-likeness (QED) is 0.815. The minimum absolute atomic E-state index is 0.172. The third-order valence-electron chi connectivity index (χ3n) is 3.31. The minimum atomic E-state index is -3.87. The Kier molecular flexibility index (Phi) is 5.61. The van der Waals surface area contributed by atoms with Gasteiger partial charge in [0.15, 0.2) is 0 Å². The molecule has 0 spiro atoms. The molecule has 2 rings (SSSR count). The first-order chi connectivity index (χ1) is 11.2. The van der Waals surface area contributed by atoms with E-state index in [-0.39, 0.29) is 5.69 Å². The number of carbonyl (C=O) groups excluding carboxylic acids is 1. The van der Waals surface area contributed by atoms with Crippen LogP contribution >= 0.6 is 15.9 Å². The summed E-state index contributed by atoms with van der Waals surface area (Å²) in [6, 6.07) is 11.2. The van der Waals surface area contributed by atoms with Crippen LogP contribution in [-0.2, 0) is 14.8 Å². The maximum Gasteiger partial charge on any atom is 0.248 e. The third kappa shape index (κ3) is 4.12. The van der Waals surface area contributed by atoms with Crippen LogP contribution in [0.2, 0.25) is 0 Å². The first-order valence-corrected chi connectivity index (χ1v) is 9.65. The summed E-state index contributed by atoms with van der Waals surface area (Å²) in [5, 5.41) is 2.64. The average molecular weight is 415 g/mol. The van der Waals surface area contributed by atoms with Gasteiger partial charge in [0.05, 0.1) is 17.6 Å². The summed E-state index contributed by atoms with van der Waals surface area (Å²) in [4.78, 5) is 12.5. The Morgan fingerprint density at radius 2 is 1.75 bits per heavy atom. The van der Waals surface area contributed by atoms with Crippen LogP contribution in [0.25, 0.3) is 0 Å². The summed E-state index contributed by atoms with van der Waals surface area (Å²) in [6.07, 6.45) is 0.932. The molecule has 0 fully saturated rings. The smallest absolute Gasteiger partial charge is 0.248 e. The van der Waals surface area contributed by atoms with Crippen LogP contribution in [0.5, 0.6) is 0 Å². The normalized spacial score (nSPS) is 12.5. The van der Waals surface area contributed by atoms with E-state index in [4.69, 9.17) is 0 Å². The lowest BCUT2D eigenvalue weighted by Gasteiger charge is -2.28. The molecule has 1 amide bonds. The van der Waals surface area contributed by atoms with E-state index in [1.54, 1.807) is 24.3 Å². The monoisotopic (exact) mass is 414 g/mol. The molecule has 0 aliphatic heterocycles. The highest BCUT2D eigenvalue weighted by Gasteiger charge is 2.31. The molecule has 0 radical (unpaired) electrons. The first kappa shape index (κ1) is 18.4. The molecule has 0 aromatic heterocycles. The molecular weight excluding hydrogens is 399 g/mol. The number of nitrogens with one attached hydrogen (secondary N) is 1. The fourth-order valence-corrected chi connectivity index (χ4v) is 3.77. The lowest BCUT2D eigenvalue weighted by Crippen LogP contribution is -2.45. The van der Waals surface area contributed by atoms with Crippen molar-refractivity contribution < 1.29 is 17.6 Å². The van der Waals surface area contributed by atoms with Gasteiger partial charge in [0, 0.05) is 4.47 Å². The van der Waals surface area contributed by atoms with Crippen molar-refractivity contribution in [3.8, 4) is 0 Å². The fraction of sp³-hybridized carbons (Fsp3) is 0.188. The number of sulfonamides is 1. The van der Waals surface area contributed by atoms with Crippen LogP contribution in [0, 0.1) is 5.82 Å². The summed E-state index contributed by atoms with van der Waals surface area (Å²) in [5.74, 6) is -1.29. The Morgan fingerprint density at radius 3 is 2.33 bits per heavy atom. The van der Waals surface area contributed by atoms with Gasteiger partial charge < -0.3 is 5.32 Å². The summed E-state index contributed by atoms with van der Waals surface area (Å²) >= 11 is 3.30. The first-order valence-electron chi connectivity index (χ1n) is 7.01. The molecule has 2 aromatic carbocycles. The number of para-hydroxylation sites is 2. The maximum atomic E-state index is 14.0. The number of hydrogen-bond donors (Lipinski definition) is 1. The summed E-state index contributed by atoms with van der Waals surface area (Å²) in [5.41, 5.74) is 0.325. The molecule has 0 saturated heterocycles. The molecule has 8 heteroatoms. The molecule has 128 valence electrons. The van der Waals surface area contributed by atoms with Gasteiger partial charge in [-0.05, 0) is 47.1 Å². The zero-order chi connectivity index (χ0) is 17.9. The largest absolute Gasteiger partial charge is 0.323 e. The minimum Gasteiger partial charge on any atom is -0.323 e. The molecule has 0 heterocycles. The van der Waals surface area contributed by atoms with Crippen LogP contribution in [0.4, 0.5) is 15.8 Å². The molecule has 5 nitrogen and oxygen atoms in total. The van der Waals surface area contributed by atoms with Crippen molar-refractivity contribution in [2.45, 2.75) is 13.0 Å². The summed E-state index contributed by atoms with van der Waals surface area (Å²) in [6.45, 7) is 1.40. The van der Waals surface area contributed by atoms with Crippen LogP contribution < -0.4 is 9.62 Å². The molecule has 0 aliphatic rings. The molecule has 0 bridgehead atoms. The second-order valence-electron chi connectivity index (χ2n) is 5.16. The molecule has 0 aliphatic carbocycles. The van der Waals surface area contributed by atoms with E-state index in [1.807, 2.05) is 0 Å². The van der Waals surface area contributed by atoms with Gasteiger partial charge in [-0.1, -0.05) is 24.3 Å².